The van der Waals surface area contributed by atoms with E-state index in [4.69, 9.17) is 0 Å². The van der Waals surface area contributed by atoms with Gasteiger partial charge in [-0.2, -0.15) is 13.2 Å². The molecular weight excluding hydrogens is 401 g/mol. The summed E-state index contributed by atoms with van der Waals surface area (Å²) in [6.07, 6.45) is -2.69. The van der Waals surface area contributed by atoms with Gasteiger partial charge in [0.05, 0.1) is 17.3 Å². The molecule has 1 unspecified atom stereocenters. The van der Waals surface area contributed by atoms with E-state index in [1.165, 1.54) is 12.1 Å². The smallest absolute Gasteiger partial charge is 0.344 e. The quantitative estimate of drug-likeness (QED) is 0.414. The molecule has 4 rings (SSSR count). The van der Waals surface area contributed by atoms with Gasteiger partial charge in [-0.15, -0.1) is 0 Å². The van der Waals surface area contributed by atoms with E-state index in [0.29, 0.717) is 11.1 Å². The molecule has 1 heterocycles. The van der Waals surface area contributed by atoms with E-state index in [1.54, 1.807) is 18.3 Å². The molecule has 1 aromatic heterocycles. The van der Waals surface area contributed by atoms with Crippen LogP contribution in [-0.4, -0.2) is 10.9 Å². The lowest BCUT2D eigenvalue weighted by Crippen LogP contribution is -2.27. The van der Waals surface area contributed by atoms with Crippen LogP contribution in [-0.2, 0) is 6.18 Å². The zero-order valence-electron chi connectivity index (χ0n) is 16.6. The maximum Gasteiger partial charge on any atom is 0.416 e. The molecule has 4 aromatic rings. The minimum atomic E-state index is -4.37. The first-order chi connectivity index (χ1) is 14.8. The van der Waals surface area contributed by atoms with Crippen LogP contribution in [0.1, 0.15) is 34.6 Å². The Morgan fingerprint density at radius 2 is 1.71 bits per heavy atom. The topological polar surface area (TPSA) is 42.0 Å². The van der Waals surface area contributed by atoms with Crippen LogP contribution in [0, 0.1) is 0 Å². The molecule has 0 aliphatic heterocycles. The van der Waals surface area contributed by atoms with Crippen LogP contribution >= 0.6 is 0 Å². The maximum atomic E-state index is 12.9. The van der Waals surface area contributed by atoms with Gasteiger partial charge in [0, 0.05) is 11.8 Å². The molecule has 1 amide bonds. The van der Waals surface area contributed by atoms with Crippen LogP contribution in [0.15, 0.2) is 85.1 Å². The van der Waals surface area contributed by atoms with Gasteiger partial charge in [0.2, 0.25) is 0 Å². The number of hydrogen-bond acceptors (Lipinski definition) is 2. The Morgan fingerprint density at radius 3 is 2.39 bits per heavy atom. The number of nitrogens with zero attached hydrogens (tertiary/aromatic N) is 1. The Hall–Kier alpha value is -3.67. The average molecular weight is 420 g/mol. The molecule has 3 nitrogen and oxygen atoms in total. The van der Waals surface area contributed by atoms with Crippen LogP contribution < -0.4 is 5.32 Å². The number of carbonyl (C=O) groups excluding carboxylic acids is 1. The molecule has 0 saturated heterocycles. The van der Waals surface area contributed by atoms with Crippen molar-refractivity contribution >= 4 is 16.7 Å². The Balaban J connectivity index is 1.61. The Kier molecular flexibility index (Phi) is 5.46. The van der Waals surface area contributed by atoms with Crippen molar-refractivity contribution in [3.63, 3.8) is 0 Å². The fourth-order valence-electron chi connectivity index (χ4n) is 3.50. The third-order valence-electron chi connectivity index (χ3n) is 5.14. The number of rotatable bonds is 4. The summed E-state index contributed by atoms with van der Waals surface area (Å²) >= 11 is 0. The molecule has 0 fully saturated rings. The van der Waals surface area contributed by atoms with E-state index >= 15 is 0 Å². The molecule has 0 bridgehead atoms. The van der Waals surface area contributed by atoms with Crippen LogP contribution in [0.2, 0.25) is 0 Å². The number of aromatic nitrogens is 1. The van der Waals surface area contributed by atoms with E-state index in [1.807, 2.05) is 49.4 Å². The number of pyridine rings is 1. The molecule has 0 spiro atoms. The Labute approximate surface area is 177 Å². The third kappa shape index (κ3) is 4.43. The SMILES string of the molecule is CC(NC(=O)c1ccc2c(-c3ccc(C(F)(F)F)cc3)cccc2c1)c1ccccn1. The highest BCUT2D eigenvalue weighted by Crippen LogP contribution is 2.33. The highest BCUT2D eigenvalue weighted by atomic mass is 19.4. The summed E-state index contributed by atoms with van der Waals surface area (Å²) < 4.78 is 38.6. The van der Waals surface area contributed by atoms with Crippen molar-refractivity contribution < 1.29 is 18.0 Å². The highest BCUT2D eigenvalue weighted by molar-refractivity contribution is 6.02. The van der Waals surface area contributed by atoms with Crippen molar-refractivity contribution in [3.8, 4) is 11.1 Å². The number of amides is 1. The first-order valence-corrected chi connectivity index (χ1v) is 9.75. The van der Waals surface area contributed by atoms with Crippen LogP contribution in [0.5, 0.6) is 0 Å². The first kappa shape index (κ1) is 20.6. The molecular formula is C25H19F3N2O. The zero-order chi connectivity index (χ0) is 22.0. The number of benzene rings is 3. The summed E-state index contributed by atoms with van der Waals surface area (Å²) in [4.78, 5) is 17.0. The number of fused-ring (bicyclic) bond motifs is 1. The van der Waals surface area contributed by atoms with E-state index in [0.717, 1.165) is 34.2 Å². The van der Waals surface area contributed by atoms with Crippen LogP contribution in [0.4, 0.5) is 13.2 Å². The summed E-state index contributed by atoms with van der Waals surface area (Å²) in [7, 11) is 0. The van der Waals surface area contributed by atoms with E-state index in [9.17, 15) is 18.0 Å². The summed E-state index contributed by atoms with van der Waals surface area (Å²) in [5, 5.41) is 4.62. The standard InChI is InChI=1S/C25H19F3N2O/c1-16(23-7-2-3-14-29-23)30-24(31)19-10-13-22-18(15-19)5-4-6-21(22)17-8-11-20(12-9-17)25(26,27)28/h2-16H,1H3,(H,30,31). The molecule has 3 aromatic carbocycles. The lowest BCUT2D eigenvalue weighted by Gasteiger charge is -2.14. The Bertz CT molecular complexity index is 1220. The monoisotopic (exact) mass is 420 g/mol. The van der Waals surface area contributed by atoms with Crippen molar-refractivity contribution in [2.24, 2.45) is 0 Å². The van der Waals surface area contributed by atoms with E-state index in [2.05, 4.69) is 10.3 Å². The van der Waals surface area contributed by atoms with Crippen molar-refractivity contribution in [2.75, 3.05) is 0 Å². The van der Waals surface area contributed by atoms with Gasteiger partial charge >= 0.3 is 6.18 Å². The van der Waals surface area contributed by atoms with Crippen LogP contribution in [0.3, 0.4) is 0 Å². The average Bonchev–Trinajstić information content (AvgIpc) is 2.78. The van der Waals surface area contributed by atoms with Gasteiger partial charge in [-0.05, 0) is 65.2 Å². The second-order valence-electron chi connectivity index (χ2n) is 7.27. The Morgan fingerprint density at radius 1 is 0.935 bits per heavy atom. The van der Waals surface area contributed by atoms with Gasteiger partial charge in [-0.25, -0.2) is 0 Å². The molecule has 0 aliphatic carbocycles. The molecule has 0 aliphatic rings. The van der Waals surface area contributed by atoms with Gasteiger partial charge in [-0.1, -0.05) is 42.5 Å². The van der Waals surface area contributed by atoms with Crippen LogP contribution in [0.25, 0.3) is 21.9 Å². The normalized spacial score (nSPS) is 12.5. The summed E-state index contributed by atoms with van der Waals surface area (Å²) in [6.45, 7) is 1.87. The van der Waals surface area contributed by atoms with Gasteiger partial charge in [0.25, 0.3) is 5.91 Å². The van der Waals surface area contributed by atoms with E-state index in [-0.39, 0.29) is 11.9 Å². The maximum absolute atomic E-state index is 12.9. The minimum absolute atomic E-state index is 0.222. The number of hydrogen-bond donors (Lipinski definition) is 1. The second-order valence-corrected chi connectivity index (χ2v) is 7.27. The van der Waals surface area contributed by atoms with Gasteiger partial charge in [-0.3, -0.25) is 9.78 Å². The molecule has 1 atom stereocenters. The molecule has 156 valence electrons. The number of carbonyl (C=O) groups is 1. The number of alkyl halides is 3. The molecule has 1 N–H and O–H groups in total. The van der Waals surface area contributed by atoms with Crippen molar-refractivity contribution in [2.45, 2.75) is 19.1 Å². The van der Waals surface area contributed by atoms with Gasteiger partial charge in [0.15, 0.2) is 0 Å². The lowest BCUT2D eigenvalue weighted by molar-refractivity contribution is -0.137. The minimum Gasteiger partial charge on any atom is -0.344 e. The summed E-state index contributed by atoms with van der Waals surface area (Å²) in [5.41, 5.74) is 2.07. The number of halogens is 3. The molecule has 0 radical (unpaired) electrons. The fraction of sp³-hybridized carbons (Fsp3) is 0.120. The lowest BCUT2D eigenvalue weighted by atomic mass is 9.96. The highest BCUT2D eigenvalue weighted by Gasteiger charge is 2.30. The number of nitrogens with one attached hydrogen (secondary N) is 1. The first-order valence-electron chi connectivity index (χ1n) is 9.75. The molecule has 6 heteroatoms. The summed E-state index contributed by atoms with van der Waals surface area (Å²) in [6, 6.07) is 21.2. The second kappa shape index (κ2) is 8.22. The van der Waals surface area contributed by atoms with E-state index < -0.39 is 11.7 Å². The largest absolute Gasteiger partial charge is 0.416 e. The van der Waals surface area contributed by atoms with Crippen molar-refractivity contribution in [3.05, 3.63) is 102 Å². The zero-order valence-corrected chi connectivity index (χ0v) is 16.6. The molecule has 31 heavy (non-hydrogen) atoms. The van der Waals surface area contributed by atoms with Crippen molar-refractivity contribution in [1.29, 1.82) is 0 Å². The van der Waals surface area contributed by atoms with Crippen molar-refractivity contribution in [1.82, 2.24) is 10.3 Å². The predicted molar refractivity (Wildman–Crippen MR) is 115 cm³/mol. The summed E-state index contributed by atoms with van der Waals surface area (Å²) in [5.74, 6) is -0.222. The van der Waals surface area contributed by atoms with Gasteiger partial charge < -0.3 is 5.32 Å². The van der Waals surface area contributed by atoms with Gasteiger partial charge in [0.1, 0.15) is 0 Å². The fourth-order valence-corrected chi connectivity index (χ4v) is 3.50. The third-order valence-corrected chi connectivity index (χ3v) is 5.14. The molecule has 0 saturated carbocycles. The predicted octanol–water partition coefficient (Wildman–Crippen LogP) is 6.41.